The van der Waals surface area contributed by atoms with Crippen LogP contribution < -0.4 is 19.9 Å². The highest BCUT2D eigenvalue weighted by atomic mass is 35.5. The number of hydrogen-bond acceptors (Lipinski definition) is 5. The number of halogens is 1. The van der Waals surface area contributed by atoms with Crippen LogP contribution >= 0.6 is 12.4 Å². The Hall–Kier alpha value is -2.66. The van der Waals surface area contributed by atoms with Crippen molar-refractivity contribution in [3.63, 3.8) is 0 Å². The highest BCUT2D eigenvalue weighted by Crippen LogP contribution is 2.34. The summed E-state index contributed by atoms with van der Waals surface area (Å²) >= 11 is 0. The number of hydrogen-bond donors (Lipinski definition) is 0. The maximum atomic E-state index is 12.0. The predicted octanol–water partition coefficient (Wildman–Crippen LogP) is 1.37. The van der Waals surface area contributed by atoms with Gasteiger partial charge in [-0.1, -0.05) is 0 Å². The summed E-state index contributed by atoms with van der Waals surface area (Å²) in [5.74, 6) is 1.88. The monoisotopic (exact) mass is 357 g/mol. The van der Waals surface area contributed by atoms with E-state index in [4.69, 9.17) is 14.2 Å². The molecule has 25 heavy (non-hydrogen) atoms. The van der Waals surface area contributed by atoms with Gasteiger partial charge in [0, 0.05) is 29.2 Å². The van der Waals surface area contributed by atoms with Crippen LogP contribution in [-0.2, 0) is 9.53 Å². The van der Waals surface area contributed by atoms with Crippen molar-refractivity contribution < 1.29 is 19.0 Å². The minimum absolute atomic E-state index is 0. The molecule has 4 aliphatic rings. The molecule has 0 bridgehead atoms. The normalized spacial score (nSPS) is 19.4. The maximum absolute atomic E-state index is 12.0. The van der Waals surface area contributed by atoms with Crippen molar-refractivity contribution in [1.29, 1.82) is 0 Å². The van der Waals surface area contributed by atoms with Crippen molar-refractivity contribution in [2.75, 3.05) is 20.4 Å². The molecule has 1 aromatic rings. The molecule has 0 amide bonds. The molecule has 3 aliphatic heterocycles. The molecule has 0 radical (unpaired) electrons. The summed E-state index contributed by atoms with van der Waals surface area (Å²) < 4.78 is 16.2. The highest BCUT2D eigenvalue weighted by Gasteiger charge is 2.27. The van der Waals surface area contributed by atoms with E-state index >= 15 is 0 Å². The summed E-state index contributed by atoms with van der Waals surface area (Å²) in [6.45, 7) is 1.11. The molecule has 0 saturated carbocycles. The molecule has 0 aromatic heterocycles. The van der Waals surface area contributed by atoms with Gasteiger partial charge in [0.25, 0.3) is 0 Å². The zero-order chi connectivity index (χ0) is 16.3. The Morgan fingerprint density at radius 1 is 1.08 bits per heavy atom. The van der Waals surface area contributed by atoms with Gasteiger partial charge in [-0.25, -0.2) is 0 Å². The summed E-state index contributed by atoms with van der Waals surface area (Å²) in [6, 6.07) is 4.02. The summed E-state index contributed by atoms with van der Waals surface area (Å²) in [5.41, 5.74) is 3.21. The van der Waals surface area contributed by atoms with Crippen molar-refractivity contribution in [2.24, 2.45) is 0 Å². The van der Waals surface area contributed by atoms with E-state index in [1.807, 2.05) is 18.2 Å². The molecule has 0 saturated heterocycles. The lowest BCUT2D eigenvalue weighted by Gasteiger charge is -2.33. The lowest BCUT2D eigenvalue weighted by Crippen LogP contribution is -2.37. The van der Waals surface area contributed by atoms with Gasteiger partial charge in [-0.15, -0.1) is 12.4 Å². The van der Waals surface area contributed by atoms with Crippen LogP contribution in [0.4, 0.5) is 0 Å². The van der Waals surface area contributed by atoms with Crippen LogP contribution in [0.1, 0.15) is 6.42 Å². The molecule has 1 aromatic carbocycles. The zero-order valence-corrected chi connectivity index (χ0v) is 14.4. The van der Waals surface area contributed by atoms with Crippen LogP contribution in [0.2, 0.25) is 0 Å². The molecule has 5 rings (SSSR count). The molecule has 0 spiro atoms. The Bertz CT molecular complexity index is 1000. The van der Waals surface area contributed by atoms with Crippen LogP contribution in [0.5, 0.6) is 11.5 Å². The van der Waals surface area contributed by atoms with Crippen LogP contribution in [-0.4, -0.2) is 31.1 Å². The number of nitrogens with zero attached hydrogens (tertiary/aromatic N) is 1. The molecular formula is C19H16ClNO4. The van der Waals surface area contributed by atoms with E-state index in [9.17, 15) is 4.79 Å². The Balaban J connectivity index is 0.00000157. The Morgan fingerprint density at radius 2 is 1.84 bits per heavy atom. The van der Waals surface area contributed by atoms with Crippen LogP contribution in [0.25, 0.3) is 12.3 Å². The third-order valence-electron chi connectivity index (χ3n) is 4.76. The van der Waals surface area contributed by atoms with Crippen molar-refractivity contribution in [3.05, 3.63) is 57.3 Å². The van der Waals surface area contributed by atoms with Gasteiger partial charge in [-0.2, -0.15) is 0 Å². The van der Waals surface area contributed by atoms with E-state index in [0.717, 1.165) is 51.7 Å². The van der Waals surface area contributed by atoms with Crippen molar-refractivity contribution >= 4 is 30.5 Å². The number of ketones is 1. The first-order chi connectivity index (χ1) is 11.7. The van der Waals surface area contributed by atoms with Crippen LogP contribution in [0, 0.1) is 0 Å². The number of fused-ring (bicyclic) bond motifs is 4. The van der Waals surface area contributed by atoms with Gasteiger partial charge in [0.2, 0.25) is 12.6 Å². The minimum Gasteiger partial charge on any atom is -0.493 e. The molecule has 0 fully saturated rings. The Labute approximate surface area is 150 Å². The lowest BCUT2D eigenvalue weighted by molar-refractivity contribution is -0.114. The number of ether oxygens (including phenoxy) is 3. The van der Waals surface area contributed by atoms with Gasteiger partial charge in [-0.05, 0) is 47.6 Å². The number of methoxy groups -OCH3 is 1. The van der Waals surface area contributed by atoms with Crippen LogP contribution in [0.3, 0.4) is 0 Å². The number of benzene rings is 1. The fourth-order valence-electron chi connectivity index (χ4n) is 3.54. The van der Waals surface area contributed by atoms with Crippen LogP contribution in [0.15, 0.2) is 46.9 Å². The largest absolute Gasteiger partial charge is 0.493 e. The van der Waals surface area contributed by atoms with Gasteiger partial charge >= 0.3 is 0 Å². The number of rotatable bonds is 1. The third-order valence-corrected chi connectivity index (χ3v) is 4.76. The van der Waals surface area contributed by atoms with Crippen molar-refractivity contribution in [2.45, 2.75) is 6.42 Å². The first kappa shape index (κ1) is 15.8. The molecule has 5 nitrogen and oxygen atoms in total. The average molecular weight is 358 g/mol. The Morgan fingerprint density at radius 3 is 2.60 bits per heavy atom. The second-order valence-electron chi connectivity index (χ2n) is 6.10. The van der Waals surface area contributed by atoms with E-state index in [2.05, 4.69) is 17.2 Å². The molecule has 1 aliphatic carbocycles. The SMILES string of the molecule is COC1=CC2=C3C=c4cc5c(cc4=CN3CCC2=CC1=O)OCO5.Cl. The molecule has 0 unspecified atom stereocenters. The molecule has 6 heteroatoms. The Kier molecular flexibility index (Phi) is 3.62. The van der Waals surface area contributed by atoms with Gasteiger partial charge in [0.1, 0.15) is 0 Å². The van der Waals surface area contributed by atoms with E-state index in [0.29, 0.717) is 5.76 Å². The van der Waals surface area contributed by atoms with E-state index in [1.165, 1.54) is 7.11 Å². The predicted molar refractivity (Wildman–Crippen MR) is 94.5 cm³/mol. The number of carbonyl (C=O) groups excluding carboxylic acids is 1. The summed E-state index contributed by atoms with van der Waals surface area (Å²) in [4.78, 5) is 14.2. The van der Waals surface area contributed by atoms with E-state index in [-0.39, 0.29) is 25.0 Å². The van der Waals surface area contributed by atoms with Crippen molar-refractivity contribution in [3.8, 4) is 11.5 Å². The molecule has 128 valence electrons. The fraction of sp³-hybridized carbons (Fsp3) is 0.211. The first-order valence-electron chi connectivity index (χ1n) is 7.88. The second-order valence-corrected chi connectivity index (χ2v) is 6.10. The molecule has 0 atom stereocenters. The molecule has 0 N–H and O–H groups in total. The molecular weight excluding hydrogens is 342 g/mol. The average Bonchev–Trinajstić information content (AvgIpc) is 3.04. The number of allylic oxidation sites excluding steroid dienone is 4. The highest BCUT2D eigenvalue weighted by molar-refractivity contribution is 6.05. The zero-order valence-electron chi connectivity index (χ0n) is 13.6. The third kappa shape index (κ3) is 2.35. The summed E-state index contributed by atoms with van der Waals surface area (Å²) in [7, 11) is 1.53. The lowest BCUT2D eigenvalue weighted by atomic mass is 9.89. The van der Waals surface area contributed by atoms with Gasteiger partial charge < -0.3 is 19.1 Å². The summed E-state index contributed by atoms with van der Waals surface area (Å²) in [6.07, 6.45) is 8.65. The second kappa shape index (κ2) is 5.70. The standard InChI is InChI=1S/C19H15NO4.ClH/c1-22-17-8-14-11(5-16(17)21)2-3-20-9-13-7-19-18(23-10-24-19)6-12(13)4-15(14)20;/h4-9H,2-3,10H2,1H3;1H. The minimum atomic E-state index is -0.0612. The fourth-order valence-corrected chi connectivity index (χ4v) is 3.54. The van der Waals surface area contributed by atoms with E-state index < -0.39 is 0 Å². The van der Waals surface area contributed by atoms with Crippen molar-refractivity contribution in [1.82, 2.24) is 4.90 Å². The smallest absolute Gasteiger partial charge is 0.231 e. The van der Waals surface area contributed by atoms with E-state index in [1.54, 1.807) is 6.08 Å². The molecule has 3 heterocycles. The van der Waals surface area contributed by atoms with Gasteiger partial charge in [0.15, 0.2) is 17.3 Å². The maximum Gasteiger partial charge on any atom is 0.231 e. The quantitative estimate of drug-likeness (QED) is 0.759. The summed E-state index contributed by atoms with van der Waals surface area (Å²) in [5, 5.41) is 2.20. The number of carbonyl (C=O) groups is 1. The topological polar surface area (TPSA) is 48.0 Å². The van der Waals surface area contributed by atoms with Gasteiger partial charge in [-0.3, -0.25) is 4.79 Å². The first-order valence-corrected chi connectivity index (χ1v) is 7.88. The van der Waals surface area contributed by atoms with Gasteiger partial charge in [0.05, 0.1) is 7.11 Å².